The minimum absolute atomic E-state index is 0.145. The molecule has 3 rings (SSSR count). The predicted octanol–water partition coefficient (Wildman–Crippen LogP) is 3.41. The Kier molecular flexibility index (Phi) is 4.95. The van der Waals surface area contributed by atoms with Crippen molar-refractivity contribution in [3.05, 3.63) is 84.7 Å². The molecule has 0 saturated heterocycles. The molecule has 0 spiro atoms. The molecule has 0 aliphatic carbocycles. The van der Waals surface area contributed by atoms with Crippen LogP contribution < -0.4 is 10.9 Å². The molecule has 0 aliphatic heterocycles. The summed E-state index contributed by atoms with van der Waals surface area (Å²) in [5.41, 5.74) is 1.09. The Bertz CT molecular complexity index is 1100. The van der Waals surface area contributed by atoms with Gasteiger partial charge in [0.1, 0.15) is 5.69 Å². The van der Waals surface area contributed by atoms with Crippen LogP contribution in [-0.4, -0.2) is 20.2 Å². The van der Waals surface area contributed by atoms with Crippen molar-refractivity contribution in [3.63, 3.8) is 0 Å². The molecular weight excluding hydrogens is 416 g/mol. The van der Waals surface area contributed by atoms with Gasteiger partial charge in [0.15, 0.2) is 0 Å². The highest BCUT2D eigenvalue weighted by Crippen LogP contribution is 2.26. The minimum atomic E-state index is -0.550. The van der Waals surface area contributed by atoms with Gasteiger partial charge in [0.25, 0.3) is 17.2 Å². The van der Waals surface area contributed by atoms with Crippen LogP contribution in [0.25, 0.3) is 5.69 Å². The van der Waals surface area contributed by atoms with Gasteiger partial charge in [-0.1, -0.05) is 18.2 Å². The zero-order valence-electron chi connectivity index (χ0n) is 14.5. The van der Waals surface area contributed by atoms with Crippen LogP contribution in [0.2, 0.25) is 0 Å². The first-order valence-electron chi connectivity index (χ1n) is 7.90. The zero-order valence-corrected chi connectivity index (χ0v) is 16.1. The zero-order chi connectivity index (χ0) is 19.7. The third-order valence-electron chi connectivity index (χ3n) is 4.20. The van der Waals surface area contributed by atoms with Crippen LogP contribution >= 0.6 is 15.9 Å². The molecule has 1 N–H and O–H groups in total. The summed E-state index contributed by atoms with van der Waals surface area (Å²) >= 11 is 3.09. The van der Waals surface area contributed by atoms with Crippen molar-refractivity contribution in [2.24, 2.45) is 7.05 Å². The van der Waals surface area contributed by atoms with Crippen molar-refractivity contribution in [1.29, 1.82) is 0 Å². The normalized spacial score (nSPS) is 10.6. The average molecular weight is 431 g/mol. The lowest BCUT2D eigenvalue weighted by Gasteiger charge is -2.07. The van der Waals surface area contributed by atoms with Gasteiger partial charge in [0, 0.05) is 18.7 Å². The molecule has 3 aromatic rings. The van der Waals surface area contributed by atoms with Crippen LogP contribution in [0.1, 0.15) is 16.1 Å². The molecule has 0 atom stereocenters. The van der Waals surface area contributed by atoms with E-state index in [0.29, 0.717) is 11.4 Å². The van der Waals surface area contributed by atoms with Crippen molar-refractivity contribution in [3.8, 4) is 5.69 Å². The van der Waals surface area contributed by atoms with Crippen molar-refractivity contribution in [2.45, 2.75) is 6.92 Å². The van der Waals surface area contributed by atoms with Gasteiger partial charge in [-0.2, -0.15) is 0 Å². The number of nitro benzene ring substituents is 1. The lowest BCUT2D eigenvalue weighted by molar-refractivity contribution is -0.385. The molecule has 0 fully saturated rings. The molecule has 0 unspecified atom stereocenters. The fourth-order valence-electron chi connectivity index (χ4n) is 2.69. The number of nitrogens with one attached hydrogen (secondary N) is 1. The van der Waals surface area contributed by atoms with E-state index in [0.717, 1.165) is 0 Å². The fourth-order valence-corrected chi connectivity index (χ4v) is 3.22. The second-order valence-corrected chi connectivity index (χ2v) is 6.67. The number of hydrogen-bond donors (Lipinski definition) is 1. The first-order chi connectivity index (χ1) is 12.8. The van der Waals surface area contributed by atoms with Crippen LogP contribution in [0, 0.1) is 17.0 Å². The van der Waals surface area contributed by atoms with Crippen LogP contribution in [0.4, 0.5) is 11.4 Å². The number of halogens is 1. The Morgan fingerprint density at radius 3 is 2.44 bits per heavy atom. The Hall–Kier alpha value is -3.20. The summed E-state index contributed by atoms with van der Waals surface area (Å²) in [5, 5.41) is 13.5. The highest BCUT2D eigenvalue weighted by Gasteiger charge is 2.20. The summed E-state index contributed by atoms with van der Waals surface area (Å²) in [5.74, 6) is -0.531. The number of aromatic nitrogens is 2. The number of carbonyl (C=O) groups is 1. The van der Waals surface area contributed by atoms with Gasteiger partial charge in [-0.15, -0.1) is 0 Å². The predicted molar refractivity (Wildman–Crippen MR) is 104 cm³/mol. The summed E-state index contributed by atoms with van der Waals surface area (Å²) in [6, 6.07) is 13.0. The highest BCUT2D eigenvalue weighted by atomic mass is 79.9. The van der Waals surface area contributed by atoms with Crippen LogP contribution in [-0.2, 0) is 7.05 Å². The van der Waals surface area contributed by atoms with Crippen molar-refractivity contribution in [1.82, 2.24) is 9.36 Å². The lowest BCUT2D eigenvalue weighted by Crippen LogP contribution is -2.23. The van der Waals surface area contributed by atoms with E-state index in [1.165, 1.54) is 22.9 Å². The van der Waals surface area contributed by atoms with E-state index in [4.69, 9.17) is 0 Å². The third kappa shape index (κ3) is 3.41. The molecule has 9 heteroatoms. The molecular formula is C18H15BrN4O4. The smallest absolute Gasteiger partial charge is 0.295 e. The molecule has 1 amide bonds. The molecule has 8 nitrogen and oxygen atoms in total. The Morgan fingerprint density at radius 2 is 1.85 bits per heavy atom. The fraction of sp³-hybridized carbons (Fsp3) is 0.111. The van der Waals surface area contributed by atoms with Crippen molar-refractivity contribution in [2.75, 3.05) is 5.32 Å². The Balaban J connectivity index is 1.97. The van der Waals surface area contributed by atoms with Gasteiger partial charge in [0.05, 0.1) is 20.8 Å². The number of anilines is 1. The second kappa shape index (κ2) is 7.20. The standard InChI is InChI=1S/C18H15BrN4O4/c1-11-16(18(25)22(21(11)2)13-6-4-3-5-7-13)20-17(24)12-8-9-15(23(26)27)14(19)10-12/h3-10H,1-2H3,(H,20,24). The van der Waals surface area contributed by atoms with Crippen molar-refractivity contribution >= 4 is 33.2 Å². The van der Waals surface area contributed by atoms with E-state index in [1.54, 1.807) is 30.8 Å². The van der Waals surface area contributed by atoms with Crippen LogP contribution in [0.15, 0.2) is 57.8 Å². The molecule has 1 aromatic heterocycles. The first kappa shape index (κ1) is 18.6. The van der Waals surface area contributed by atoms with E-state index >= 15 is 0 Å². The van der Waals surface area contributed by atoms with E-state index < -0.39 is 10.8 Å². The quantitative estimate of drug-likeness (QED) is 0.506. The van der Waals surface area contributed by atoms with Gasteiger partial charge < -0.3 is 5.32 Å². The summed E-state index contributed by atoms with van der Waals surface area (Å²) < 4.78 is 3.29. The van der Waals surface area contributed by atoms with Crippen LogP contribution in [0.3, 0.4) is 0 Å². The van der Waals surface area contributed by atoms with Gasteiger partial charge in [-0.05, 0) is 47.1 Å². The summed E-state index contributed by atoms with van der Waals surface area (Å²) in [7, 11) is 1.72. The maximum absolute atomic E-state index is 12.8. The Labute approximate surface area is 162 Å². The molecule has 0 saturated carbocycles. The van der Waals surface area contributed by atoms with Gasteiger partial charge in [-0.25, -0.2) is 4.68 Å². The van der Waals surface area contributed by atoms with Gasteiger partial charge in [0.2, 0.25) is 0 Å². The molecule has 0 bridgehead atoms. The first-order valence-corrected chi connectivity index (χ1v) is 8.70. The van der Waals surface area contributed by atoms with E-state index in [2.05, 4.69) is 21.2 Å². The number of nitro groups is 1. The van der Waals surface area contributed by atoms with E-state index in [-0.39, 0.29) is 27.0 Å². The van der Waals surface area contributed by atoms with E-state index in [1.807, 2.05) is 18.2 Å². The summed E-state index contributed by atoms with van der Waals surface area (Å²) in [6.07, 6.45) is 0. The summed E-state index contributed by atoms with van der Waals surface area (Å²) in [6.45, 7) is 1.72. The second-order valence-electron chi connectivity index (χ2n) is 5.81. The Morgan fingerprint density at radius 1 is 1.19 bits per heavy atom. The monoisotopic (exact) mass is 430 g/mol. The number of nitrogens with zero attached hydrogens (tertiary/aromatic N) is 3. The highest BCUT2D eigenvalue weighted by molar-refractivity contribution is 9.10. The maximum Gasteiger partial charge on any atom is 0.295 e. The molecule has 0 aliphatic rings. The molecule has 2 aromatic carbocycles. The molecule has 1 heterocycles. The number of carbonyl (C=O) groups excluding carboxylic acids is 1. The average Bonchev–Trinajstić information content (AvgIpc) is 2.85. The maximum atomic E-state index is 12.8. The number of benzene rings is 2. The number of rotatable bonds is 4. The summed E-state index contributed by atoms with van der Waals surface area (Å²) in [4.78, 5) is 35.7. The van der Waals surface area contributed by atoms with Gasteiger partial charge >= 0.3 is 0 Å². The lowest BCUT2D eigenvalue weighted by atomic mass is 10.2. The molecule has 138 valence electrons. The van der Waals surface area contributed by atoms with Crippen molar-refractivity contribution < 1.29 is 9.72 Å². The topological polar surface area (TPSA) is 99.2 Å². The minimum Gasteiger partial charge on any atom is -0.316 e. The molecule has 0 radical (unpaired) electrons. The van der Waals surface area contributed by atoms with E-state index in [9.17, 15) is 19.7 Å². The van der Waals surface area contributed by atoms with Crippen LogP contribution in [0.5, 0.6) is 0 Å². The largest absolute Gasteiger partial charge is 0.316 e. The number of amides is 1. The van der Waals surface area contributed by atoms with Gasteiger partial charge in [-0.3, -0.25) is 24.4 Å². The molecule has 27 heavy (non-hydrogen) atoms. The third-order valence-corrected chi connectivity index (χ3v) is 4.83. The number of hydrogen-bond acceptors (Lipinski definition) is 4. The SMILES string of the molecule is Cc1c(NC(=O)c2ccc([N+](=O)[O-])c(Br)c2)c(=O)n(-c2ccccc2)n1C. The number of para-hydroxylation sites is 1.